The second-order valence-electron chi connectivity index (χ2n) is 7.01. The van der Waals surface area contributed by atoms with Gasteiger partial charge >= 0.3 is 0 Å². The maximum Gasteiger partial charge on any atom is 0.265 e. The van der Waals surface area contributed by atoms with Gasteiger partial charge in [-0.05, 0) is 38.0 Å². The summed E-state index contributed by atoms with van der Waals surface area (Å²) in [6.45, 7) is 3.44. The highest BCUT2D eigenvalue weighted by Crippen LogP contribution is 2.31. The first-order valence-electron chi connectivity index (χ1n) is 9.30. The lowest BCUT2D eigenvalue weighted by atomic mass is 10.3. The van der Waals surface area contributed by atoms with Crippen LogP contribution < -0.4 is 4.72 Å². The van der Waals surface area contributed by atoms with Crippen LogP contribution in [-0.4, -0.2) is 41.9 Å². The number of rotatable bonds is 6. The molecule has 4 heterocycles. The van der Waals surface area contributed by atoms with Crippen molar-refractivity contribution in [3.63, 3.8) is 0 Å². The lowest BCUT2D eigenvalue weighted by Gasteiger charge is -2.13. The van der Waals surface area contributed by atoms with Crippen molar-refractivity contribution in [3.05, 3.63) is 47.0 Å². The van der Waals surface area contributed by atoms with Crippen molar-refractivity contribution in [2.75, 3.05) is 13.1 Å². The fourth-order valence-electron chi connectivity index (χ4n) is 3.32. The zero-order chi connectivity index (χ0) is 20.6. The largest absolute Gasteiger partial charge is 0.468 e. The normalized spacial score (nSPS) is 14.6. The van der Waals surface area contributed by atoms with Gasteiger partial charge in [0.15, 0.2) is 0 Å². The molecule has 0 unspecified atom stereocenters. The van der Waals surface area contributed by atoms with Crippen LogP contribution in [0.15, 0.2) is 40.0 Å². The van der Waals surface area contributed by atoms with Gasteiger partial charge in [0, 0.05) is 26.3 Å². The van der Waals surface area contributed by atoms with Crippen molar-refractivity contribution in [2.45, 2.75) is 31.2 Å². The Morgan fingerprint density at radius 2 is 2.10 bits per heavy atom. The zero-order valence-corrected chi connectivity index (χ0v) is 17.8. The number of thiazole rings is 1. The van der Waals surface area contributed by atoms with Crippen molar-refractivity contribution >= 4 is 27.3 Å². The van der Waals surface area contributed by atoms with E-state index >= 15 is 0 Å². The van der Waals surface area contributed by atoms with Crippen molar-refractivity contribution in [3.8, 4) is 10.7 Å². The predicted octanol–water partition coefficient (Wildman–Crippen LogP) is 2.76. The molecule has 3 aromatic rings. The van der Waals surface area contributed by atoms with Gasteiger partial charge in [-0.3, -0.25) is 4.79 Å². The maximum atomic E-state index is 12.7. The number of hydrogen-bond donors (Lipinski definition) is 1. The molecular weight excluding hydrogens is 412 g/mol. The molecule has 0 spiro atoms. The molecule has 8 nitrogen and oxygen atoms in total. The van der Waals surface area contributed by atoms with Gasteiger partial charge in [0.25, 0.3) is 5.91 Å². The van der Waals surface area contributed by atoms with Crippen LogP contribution in [0.3, 0.4) is 0 Å². The number of nitrogens with zero attached hydrogens (tertiary/aromatic N) is 3. The predicted molar refractivity (Wildman–Crippen MR) is 109 cm³/mol. The summed E-state index contributed by atoms with van der Waals surface area (Å²) in [6.07, 6.45) is 5.09. The second-order valence-corrected chi connectivity index (χ2v) is 9.77. The summed E-state index contributed by atoms with van der Waals surface area (Å²) in [4.78, 5) is 19.9. The molecule has 0 aromatic carbocycles. The summed E-state index contributed by atoms with van der Waals surface area (Å²) in [5, 5.41) is 0.625. The molecule has 0 atom stereocenters. The Morgan fingerprint density at radius 3 is 2.79 bits per heavy atom. The first-order valence-corrected chi connectivity index (χ1v) is 11.6. The molecule has 1 fully saturated rings. The molecule has 10 heteroatoms. The van der Waals surface area contributed by atoms with Gasteiger partial charge < -0.3 is 13.9 Å². The summed E-state index contributed by atoms with van der Waals surface area (Å²) in [5.74, 6) is 0.538. The summed E-state index contributed by atoms with van der Waals surface area (Å²) in [6, 6.07) is 4.99. The molecule has 1 saturated heterocycles. The number of nitrogens with one attached hydrogen (secondary N) is 1. The van der Waals surface area contributed by atoms with E-state index in [0.29, 0.717) is 27.0 Å². The van der Waals surface area contributed by atoms with Gasteiger partial charge in [-0.15, -0.1) is 11.3 Å². The number of likely N-dealkylation sites (tertiary alicyclic amines) is 1. The molecule has 0 radical (unpaired) electrons. The Labute approximate surface area is 173 Å². The molecule has 0 aliphatic carbocycles. The Hall–Kier alpha value is -2.43. The highest BCUT2D eigenvalue weighted by atomic mass is 32.2. The van der Waals surface area contributed by atoms with Crippen LogP contribution in [0.25, 0.3) is 10.7 Å². The summed E-state index contributed by atoms with van der Waals surface area (Å²) in [5.41, 5.74) is 1.32. The highest BCUT2D eigenvalue weighted by molar-refractivity contribution is 7.89. The van der Waals surface area contributed by atoms with Crippen LogP contribution >= 0.6 is 11.3 Å². The molecule has 0 bridgehead atoms. The van der Waals surface area contributed by atoms with E-state index in [-0.39, 0.29) is 17.3 Å². The molecule has 4 rings (SSSR count). The summed E-state index contributed by atoms with van der Waals surface area (Å²) < 4.78 is 34.7. The van der Waals surface area contributed by atoms with Crippen molar-refractivity contribution in [1.29, 1.82) is 0 Å². The van der Waals surface area contributed by atoms with Crippen molar-refractivity contribution in [2.24, 2.45) is 7.05 Å². The number of sulfonamides is 1. The minimum atomic E-state index is -3.71. The monoisotopic (exact) mass is 434 g/mol. The zero-order valence-electron chi connectivity index (χ0n) is 16.2. The number of amides is 1. The number of furan rings is 1. The molecule has 3 aromatic heterocycles. The molecule has 1 aliphatic rings. The fourth-order valence-corrected chi connectivity index (χ4v) is 5.48. The molecule has 0 saturated carbocycles. The Bertz CT molecular complexity index is 1120. The lowest BCUT2D eigenvalue weighted by Crippen LogP contribution is -2.27. The molecule has 29 heavy (non-hydrogen) atoms. The topological polar surface area (TPSA) is 97.4 Å². The highest BCUT2D eigenvalue weighted by Gasteiger charge is 2.26. The summed E-state index contributed by atoms with van der Waals surface area (Å²) >= 11 is 1.30. The SMILES string of the molecule is Cc1nc(-c2cc(S(=O)(=O)NCc3ccco3)cn2C)sc1C(=O)N1CCCC1. The lowest BCUT2D eigenvalue weighted by molar-refractivity contribution is 0.0796. The van der Waals surface area contributed by atoms with Crippen LogP contribution in [-0.2, 0) is 23.6 Å². The molecule has 1 N–H and O–H groups in total. The first-order chi connectivity index (χ1) is 13.8. The van der Waals surface area contributed by atoms with E-state index in [2.05, 4.69) is 9.71 Å². The number of hydrogen-bond acceptors (Lipinski definition) is 6. The van der Waals surface area contributed by atoms with Gasteiger partial charge in [-0.2, -0.15) is 0 Å². The number of carbonyl (C=O) groups excluding carboxylic acids is 1. The van der Waals surface area contributed by atoms with E-state index < -0.39 is 10.0 Å². The van der Waals surface area contributed by atoms with Crippen LogP contribution in [0.5, 0.6) is 0 Å². The Balaban J connectivity index is 1.58. The van der Waals surface area contributed by atoms with E-state index in [1.54, 1.807) is 36.0 Å². The third-order valence-corrected chi connectivity index (χ3v) is 7.45. The van der Waals surface area contributed by atoms with E-state index in [1.165, 1.54) is 17.6 Å². The standard InChI is InChI=1S/C19H22N4O4S2/c1-13-17(19(24)23-7-3-4-8-23)28-18(21-13)16-10-15(12-22(16)2)29(25,26)20-11-14-6-5-9-27-14/h5-6,9-10,12,20H,3-4,7-8,11H2,1-2H3. The van der Waals surface area contributed by atoms with Crippen LogP contribution in [0, 0.1) is 6.92 Å². The Kier molecular flexibility index (Phi) is 5.32. The van der Waals surface area contributed by atoms with Crippen molar-refractivity contribution in [1.82, 2.24) is 19.2 Å². The smallest absolute Gasteiger partial charge is 0.265 e. The Morgan fingerprint density at radius 1 is 1.34 bits per heavy atom. The van der Waals surface area contributed by atoms with E-state index in [0.717, 1.165) is 25.9 Å². The van der Waals surface area contributed by atoms with Gasteiger partial charge in [0.2, 0.25) is 10.0 Å². The molecular formula is C19H22N4O4S2. The van der Waals surface area contributed by atoms with Gasteiger partial charge in [-0.25, -0.2) is 18.1 Å². The van der Waals surface area contributed by atoms with Gasteiger partial charge in [0.1, 0.15) is 20.5 Å². The number of aryl methyl sites for hydroxylation is 2. The molecule has 1 amide bonds. The third kappa shape index (κ3) is 4.00. The van der Waals surface area contributed by atoms with Gasteiger partial charge in [-0.1, -0.05) is 0 Å². The average molecular weight is 435 g/mol. The van der Waals surface area contributed by atoms with Crippen LogP contribution in [0.1, 0.15) is 34.0 Å². The molecule has 154 valence electrons. The first kappa shape index (κ1) is 19.9. The van der Waals surface area contributed by atoms with Gasteiger partial charge in [0.05, 0.1) is 24.2 Å². The quantitative estimate of drug-likeness (QED) is 0.643. The van der Waals surface area contributed by atoms with Crippen LogP contribution in [0.4, 0.5) is 0 Å². The maximum absolute atomic E-state index is 12.7. The van der Waals surface area contributed by atoms with E-state index in [4.69, 9.17) is 4.42 Å². The minimum absolute atomic E-state index is 0.00548. The van der Waals surface area contributed by atoms with Crippen molar-refractivity contribution < 1.29 is 17.6 Å². The number of carbonyl (C=O) groups is 1. The molecule has 1 aliphatic heterocycles. The minimum Gasteiger partial charge on any atom is -0.468 e. The van der Waals surface area contributed by atoms with Crippen LogP contribution in [0.2, 0.25) is 0 Å². The van der Waals surface area contributed by atoms with E-state index in [1.807, 2.05) is 11.8 Å². The summed E-state index contributed by atoms with van der Waals surface area (Å²) in [7, 11) is -1.94. The second kappa shape index (κ2) is 7.77. The fraction of sp³-hybridized carbons (Fsp3) is 0.368. The number of aromatic nitrogens is 2. The third-order valence-electron chi connectivity index (χ3n) is 4.91. The average Bonchev–Trinajstić information content (AvgIpc) is 3.46. The van der Waals surface area contributed by atoms with E-state index in [9.17, 15) is 13.2 Å².